The van der Waals surface area contributed by atoms with Crippen LogP contribution in [0.15, 0.2) is 297 Å². The first-order valence-electron chi connectivity index (χ1n) is 36.7. The van der Waals surface area contributed by atoms with Gasteiger partial charge in [-0.05, 0) is 120 Å². The van der Waals surface area contributed by atoms with Crippen molar-refractivity contribution in [2.75, 3.05) is 19.2 Å². The number of hydrogen-bond acceptors (Lipinski definition) is 10. The molecule has 0 fully saturated rings. The molecule has 12 nitrogen and oxygen atoms in total. The molecule has 15 aromatic carbocycles. The fourth-order valence-corrected chi connectivity index (χ4v) is 20.4. The molecule has 0 amide bonds. The summed E-state index contributed by atoms with van der Waals surface area (Å²) < 4.78 is 53.0. The second kappa shape index (κ2) is 19.7. The standard InChI is InChI=1S/C90H49B5N6O6/c1-5-25-50(26-6-1)98-66-45-54(96-62-39-19-13-33-56(62)57-34-14-20-40-63(57)96)47-68-76(66)80-84-74(60-37-17-23-43-70(60)102-91(84)98)89-82-78-72(104-93(86(80)82)100(68)52-29-9-3-10-30-52)49-73-79-83-87-81-77-67(99(51-27-7-2-8-28-51)92-85(81)75(61-38-18-24-44-71(61)103-92)90(83)107-95(106-89)88(78)79)46-55(48-69(77)101(94(87)105-73)53-31-11-4-12-32-53)97-64-41-21-15-35-58(64)59-36-16-22-42-65(59)97/h1-49H. The Morgan fingerprint density at radius 3 is 0.841 bits per heavy atom. The Labute approximate surface area is 614 Å². The molecule has 0 saturated carbocycles. The molecule has 0 radical (unpaired) electrons. The van der Waals surface area contributed by atoms with E-state index in [0.29, 0.717) is 11.5 Å². The van der Waals surface area contributed by atoms with E-state index in [9.17, 15) is 0 Å². The van der Waals surface area contributed by atoms with E-state index in [1.807, 2.05) is 0 Å². The molecule has 27 rings (SSSR count). The molecule has 10 aliphatic heterocycles. The molecule has 0 saturated heterocycles. The molecule has 0 aliphatic carbocycles. The SMILES string of the molecule is c1ccc(N2B3Oc4ccccc4-c4c5c6c7c(c43)-c3c2cc(-n2c4ccccc4c4ccccc42)cc3N(c2ccccc2)B7Oc2cc3c4c(c2-6)B(O5)Oc2c5c6c7c(c2-4)B(O3)N(c2ccccc2)c2cc(-n3c4ccccc4c4ccccc43)cc(c2-7)N(c2ccccc2)B6Oc2ccccc2-5)cc1. The lowest BCUT2D eigenvalue weighted by atomic mass is 9.47. The molecule has 12 heterocycles. The van der Waals surface area contributed by atoms with Crippen molar-refractivity contribution in [3.63, 3.8) is 0 Å². The molecule has 107 heavy (non-hydrogen) atoms. The molecule has 0 unspecified atom stereocenters. The highest BCUT2D eigenvalue weighted by atomic mass is 16.6. The third-order valence-corrected chi connectivity index (χ3v) is 24.3. The van der Waals surface area contributed by atoms with Gasteiger partial charge in [-0.15, -0.1) is 0 Å². The lowest BCUT2D eigenvalue weighted by Crippen LogP contribution is -2.66. The zero-order chi connectivity index (χ0) is 68.9. The van der Waals surface area contributed by atoms with E-state index in [1.165, 1.54) is 21.5 Å². The van der Waals surface area contributed by atoms with Gasteiger partial charge in [0.25, 0.3) is 0 Å². The van der Waals surface area contributed by atoms with Crippen LogP contribution in [0.3, 0.4) is 0 Å². The Balaban J connectivity index is 0.782. The van der Waals surface area contributed by atoms with Crippen molar-refractivity contribution in [1.82, 2.24) is 9.13 Å². The first-order chi connectivity index (χ1) is 53.1. The Morgan fingerprint density at radius 2 is 0.495 bits per heavy atom. The minimum atomic E-state index is -0.998. The second-order valence-electron chi connectivity index (χ2n) is 29.3. The molecule has 0 bridgehead atoms. The molecule has 17 heteroatoms. The lowest BCUT2D eigenvalue weighted by Gasteiger charge is -2.52. The third kappa shape index (κ3) is 6.80. The number of para-hydroxylation sites is 10. The van der Waals surface area contributed by atoms with Crippen LogP contribution in [0.25, 0.3) is 122 Å². The van der Waals surface area contributed by atoms with Crippen LogP contribution in [0.5, 0.6) is 34.5 Å². The number of fused-ring (bicyclic) bond motifs is 12. The Bertz CT molecular complexity index is 6480. The minimum absolute atomic E-state index is 0.672. The number of benzene rings is 15. The van der Waals surface area contributed by atoms with Crippen molar-refractivity contribution >= 4 is 152 Å². The largest absolute Gasteiger partial charge is 0.634 e. The van der Waals surface area contributed by atoms with Gasteiger partial charge < -0.3 is 56.3 Å². The number of anilines is 8. The van der Waals surface area contributed by atoms with Crippen molar-refractivity contribution in [2.45, 2.75) is 0 Å². The summed E-state index contributed by atoms with van der Waals surface area (Å²) in [7, 11) is -3.83. The zero-order valence-electron chi connectivity index (χ0n) is 56.8. The number of aromatic nitrogens is 2. The highest BCUT2D eigenvalue weighted by molar-refractivity contribution is 6.87. The van der Waals surface area contributed by atoms with Gasteiger partial charge >= 0.3 is 35.3 Å². The monoisotopic (exact) mass is 1360 g/mol. The molecule has 10 aliphatic rings. The predicted octanol–water partition coefficient (Wildman–Crippen LogP) is 17.3. The molecule has 0 atom stereocenters. The first kappa shape index (κ1) is 55.8. The van der Waals surface area contributed by atoms with E-state index in [-0.39, 0.29) is 0 Å². The average molecular weight is 1360 g/mol. The second-order valence-corrected chi connectivity index (χ2v) is 29.3. The van der Waals surface area contributed by atoms with Gasteiger partial charge in [0.05, 0.1) is 33.4 Å². The van der Waals surface area contributed by atoms with Crippen LogP contribution < -0.4 is 74.5 Å². The van der Waals surface area contributed by atoms with E-state index in [0.717, 1.165) is 196 Å². The maximum absolute atomic E-state index is 8.20. The quantitative estimate of drug-likeness (QED) is 0.150. The van der Waals surface area contributed by atoms with Gasteiger partial charge in [-0.25, -0.2) is 0 Å². The summed E-state index contributed by atoms with van der Waals surface area (Å²) in [6, 6.07) is 107. The number of nitrogens with zero attached hydrogens (tertiary/aromatic N) is 6. The minimum Gasteiger partial charge on any atom is -0.537 e. The molecular weight excluding hydrogens is 1320 g/mol. The molecule has 0 N–H and O–H groups in total. The summed E-state index contributed by atoms with van der Waals surface area (Å²) in [5, 5.41) is 4.72. The summed E-state index contributed by atoms with van der Waals surface area (Å²) >= 11 is 0. The van der Waals surface area contributed by atoms with Gasteiger partial charge in [0.1, 0.15) is 34.5 Å². The molecule has 0 spiro atoms. The van der Waals surface area contributed by atoms with Crippen LogP contribution in [-0.4, -0.2) is 44.5 Å². The van der Waals surface area contributed by atoms with E-state index in [1.54, 1.807) is 0 Å². The Morgan fingerprint density at radius 1 is 0.206 bits per heavy atom. The van der Waals surface area contributed by atoms with E-state index in [2.05, 4.69) is 326 Å². The molecular formula is C90H49B5N6O6. The van der Waals surface area contributed by atoms with Gasteiger partial charge in [-0.3, -0.25) is 0 Å². The van der Waals surface area contributed by atoms with Gasteiger partial charge in [-0.1, -0.05) is 182 Å². The van der Waals surface area contributed by atoms with Crippen LogP contribution >= 0.6 is 0 Å². The summed E-state index contributed by atoms with van der Waals surface area (Å²) in [5.74, 6) is 4.29. The van der Waals surface area contributed by atoms with Crippen LogP contribution in [0.1, 0.15) is 0 Å². The highest BCUT2D eigenvalue weighted by Crippen LogP contribution is 2.64. The van der Waals surface area contributed by atoms with Crippen molar-refractivity contribution in [3.8, 4) is 113 Å². The topological polar surface area (TPSA) is 78.2 Å². The van der Waals surface area contributed by atoms with E-state index in [4.69, 9.17) is 27.9 Å². The van der Waals surface area contributed by atoms with Crippen LogP contribution in [0.4, 0.5) is 45.5 Å². The normalized spacial score (nSPS) is 14.8. The first-order valence-corrected chi connectivity index (χ1v) is 36.7. The summed E-state index contributed by atoms with van der Waals surface area (Å²) in [6.07, 6.45) is 0. The molecule has 2 aromatic heterocycles. The maximum Gasteiger partial charge on any atom is 0.634 e. The fourth-order valence-electron chi connectivity index (χ4n) is 20.4. The predicted molar refractivity (Wildman–Crippen MR) is 433 cm³/mol. The van der Waals surface area contributed by atoms with Crippen molar-refractivity contribution < 1.29 is 27.9 Å². The van der Waals surface area contributed by atoms with Gasteiger partial charge in [-0.2, -0.15) is 0 Å². The third-order valence-electron chi connectivity index (χ3n) is 24.3. The van der Waals surface area contributed by atoms with Crippen LogP contribution in [0, 0.1) is 0 Å². The zero-order valence-corrected chi connectivity index (χ0v) is 56.8. The highest BCUT2D eigenvalue weighted by Gasteiger charge is 2.63. The van der Waals surface area contributed by atoms with E-state index >= 15 is 0 Å². The smallest absolute Gasteiger partial charge is 0.537 e. The van der Waals surface area contributed by atoms with Crippen molar-refractivity contribution in [3.05, 3.63) is 297 Å². The van der Waals surface area contributed by atoms with Gasteiger partial charge in [0.2, 0.25) is 0 Å². The fraction of sp³-hybridized carbons (Fsp3) is 0. The van der Waals surface area contributed by atoms with Crippen LogP contribution in [-0.2, 0) is 0 Å². The summed E-state index contributed by atoms with van der Waals surface area (Å²) in [4.78, 5) is 9.71. The molecule has 490 valence electrons. The maximum atomic E-state index is 8.20. The van der Waals surface area contributed by atoms with Crippen molar-refractivity contribution in [1.29, 1.82) is 0 Å². The Kier molecular flexibility index (Phi) is 10.3. The van der Waals surface area contributed by atoms with Crippen molar-refractivity contribution in [2.24, 2.45) is 0 Å². The van der Waals surface area contributed by atoms with Gasteiger partial charge in [0.15, 0.2) is 0 Å². The lowest BCUT2D eigenvalue weighted by molar-refractivity contribution is 0.434. The van der Waals surface area contributed by atoms with Crippen LogP contribution in [0.2, 0.25) is 0 Å². The average Bonchev–Trinajstić information content (AvgIpc) is 1.18. The summed E-state index contributed by atoms with van der Waals surface area (Å²) in [6.45, 7) is 0. The summed E-state index contributed by atoms with van der Waals surface area (Å²) in [5.41, 5.74) is 31.2. The van der Waals surface area contributed by atoms with Gasteiger partial charge in [0, 0.05) is 156 Å². The number of rotatable bonds is 6. The number of hydrogen-bond donors (Lipinski definition) is 0. The molecule has 17 aromatic rings. The Hall–Kier alpha value is -13.8. The van der Waals surface area contributed by atoms with E-state index < -0.39 is 35.3 Å².